The Hall–Kier alpha value is -2.33. The number of benzene rings is 1. The third-order valence-electron chi connectivity index (χ3n) is 3.05. The highest BCUT2D eigenvalue weighted by molar-refractivity contribution is 5.54. The molecular formula is C19H21N. The second-order valence-electron chi connectivity index (χ2n) is 4.81. The lowest BCUT2D eigenvalue weighted by Gasteiger charge is -2.02. The van der Waals surface area contributed by atoms with Crippen LogP contribution in [0.1, 0.15) is 30.5 Å². The Balaban J connectivity index is 2.90. The summed E-state index contributed by atoms with van der Waals surface area (Å²) in [5.41, 5.74) is 4.07. The van der Waals surface area contributed by atoms with E-state index in [4.69, 9.17) is 5.26 Å². The molecule has 1 nitrogen and oxygen atoms in total. The molecule has 1 heteroatoms. The van der Waals surface area contributed by atoms with Gasteiger partial charge in [0.15, 0.2) is 0 Å². The van der Waals surface area contributed by atoms with Gasteiger partial charge in [-0.15, -0.1) is 6.58 Å². The smallest absolute Gasteiger partial charge is 0.0991 e. The molecule has 0 aliphatic heterocycles. The molecule has 102 valence electrons. The molecule has 0 heterocycles. The number of aryl methyl sites for hydroxylation is 1. The summed E-state index contributed by atoms with van der Waals surface area (Å²) < 4.78 is 0. The molecule has 0 saturated carbocycles. The van der Waals surface area contributed by atoms with E-state index in [1.54, 1.807) is 0 Å². The maximum absolute atomic E-state index is 8.97. The lowest BCUT2D eigenvalue weighted by molar-refractivity contribution is 1.08. The van der Waals surface area contributed by atoms with Gasteiger partial charge in [-0.3, -0.25) is 0 Å². The minimum Gasteiger partial charge on any atom is -0.192 e. The van der Waals surface area contributed by atoms with Crippen LogP contribution >= 0.6 is 0 Å². The number of hydrogen-bond donors (Lipinski definition) is 0. The van der Waals surface area contributed by atoms with Gasteiger partial charge in [-0.2, -0.15) is 5.26 Å². The standard InChI is InChI=1S/C19H21N/c1-5-15(3)7-8-17(6-2)9-10-18-11-16(4)12-19(13-18)14-20/h5-13,17H,2H2,1,3-4H3/b8-7+,10-9+,15-5+. The molecule has 1 aromatic rings. The Labute approximate surface area is 122 Å². The van der Waals surface area contributed by atoms with E-state index >= 15 is 0 Å². The van der Waals surface area contributed by atoms with E-state index in [2.05, 4.69) is 49.9 Å². The Morgan fingerprint density at radius 3 is 2.65 bits per heavy atom. The highest BCUT2D eigenvalue weighted by Gasteiger charge is 1.97. The number of allylic oxidation sites excluding steroid dienone is 6. The van der Waals surface area contributed by atoms with E-state index in [1.165, 1.54) is 5.57 Å². The molecule has 0 fully saturated rings. The summed E-state index contributed by atoms with van der Waals surface area (Å²) in [6, 6.07) is 8.03. The molecular weight excluding hydrogens is 242 g/mol. The second-order valence-corrected chi connectivity index (χ2v) is 4.81. The summed E-state index contributed by atoms with van der Waals surface area (Å²) in [5.74, 6) is 0.191. The summed E-state index contributed by atoms with van der Waals surface area (Å²) in [6.45, 7) is 9.94. The first-order valence-corrected chi connectivity index (χ1v) is 6.72. The zero-order valence-electron chi connectivity index (χ0n) is 12.4. The van der Waals surface area contributed by atoms with Gasteiger partial charge in [0.25, 0.3) is 0 Å². The van der Waals surface area contributed by atoms with E-state index in [1.807, 2.05) is 38.1 Å². The van der Waals surface area contributed by atoms with Crippen molar-refractivity contribution in [2.45, 2.75) is 20.8 Å². The van der Waals surface area contributed by atoms with Crippen molar-refractivity contribution in [3.05, 3.63) is 77.4 Å². The molecule has 0 aliphatic rings. The Kier molecular flexibility index (Phi) is 6.26. The van der Waals surface area contributed by atoms with E-state index in [9.17, 15) is 0 Å². The number of hydrogen-bond acceptors (Lipinski definition) is 1. The Bertz CT molecular complexity index is 595. The van der Waals surface area contributed by atoms with Crippen molar-refractivity contribution < 1.29 is 0 Å². The summed E-state index contributed by atoms with van der Waals surface area (Å²) in [6.07, 6.45) is 12.3. The van der Waals surface area contributed by atoms with Crippen LogP contribution in [0.5, 0.6) is 0 Å². The van der Waals surface area contributed by atoms with Crippen LogP contribution in [0.3, 0.4) is 0 Å². The Morgan fingerprint density at radius 1 is 1.30 bits per heavy atom. The molecule has 0 amide bonds. The largest absolute Gasteiger partial charge is 0.192 e. The molecule has 1 atom stereocenters. The lowest BCUT2D eigenvalue weighted by atomic mass is 10.0. The van der Waals surface area contributed by atoms with Crippen molar-refractivity contribution in [1.82, 2.24) is 0 Å². The van der Waals surface area contributed by atoms with Gasteiger partial charge >= 0.3 is 0 Å². The van der Waals surface area contributed by atoms with Crippen LogP contribution < -0.4 is 0 Å². The van der Waals surface area contributed by atoms with Gasteiger partial charge in [0.2, 0.25) is 0 Å². The summed E-state index contributed by atoms with van der Waals surface area (Å²) in [5, 5.41) is 8.97. The van der Waals surface area contributed by atoms with Crippen LogP contribution in [0.15, 0.2) is 60.7 Å². The summed E-state index contributed by atoms with van der Waals surface area (Å²) in [7, 11) is 0. The first-order valence-electron chi connectivity index (χ1n) is 6.72. The Morgan fingerprint density at radius 2 is 2.05 bits per heavy atom. The highest BCUT2D eigenvalue weighted by atomic mass is 14.2. The highest BCUT2D eigenvalue weighted by Crippen LogP contribution is 2.13. The lowest BCUT2D eigenvalue weighted by Crippen LogP contribution is -1.86. The maximum atomic E-state index is 8.97. The van der Waals surface area contributed by atoms with Crippen LogP contribution in [-0.4, -0.2) is 0 Å². The molecule has 20 heavy (non-hydrogen) atoms. The molecule has 0 aliphatic carbocycles. The van der Waals surface area contributed by atoms with Gasteiger partial charge in [-0.1, -0.05) is 48.1 Å². The normalized spacial score (nSPS) is 13.6. The zero-order chi connectivity index (χ0) is 15.0. The van der Waals surface area contributed by atoms with Crippen molar-refractivity contribution in [1.29, 1.82) is 5.26 Å². The van der Waals surface area contributed by atoms with Gasteiger partial charge in [0, 0.05) is 5.92 Å². The van der Waals surface area contributed by atoms with Crippen LogP contribution in [0.2, 0.25) is 0 Å². The maximum Gasteiger partial charge on any atom is 0.0991 e. The predicted octanol–water partition coefficient (Wildman–Crippen LogP) is 5.20. The zero-order valence-corrected chi connectivity index (χ0v) is 12.4. The molecule has 1 unspecified atom stereocenters. The fourth-order valence-electron chi connectivity index (χ4n) is 1.78. The van der Waals surface area contributed by atoms with E-state index in [-0.39, 0.29) is 5.92 Å². The fraction of sp³-hybridized carbons (Fsp3) is 0.211. The molecule has 1 rings (SSSR count). The van der Waals surface area contributed by atoms with Crippen LogP contribution in [0.4, 0.5) is 0 Å². The van der Waals surface area contributed by atoms with Gasteiger partial charge in [-0.05, 0) is 44.0 Å². The second kappa shape index (κ2) is 7.96. The van der Waals surface area contributed by atoms with Gasteiger partial charge in [-0.25, -0.2) is 0 Å². The van der Waals surface area contributed by atoms with Crippen molar-refractivity contribution in [3.63, 3.8) is 0 Å². The van der Waals surface area contributed by atoms with Crippen molar-refractivity contribution in [2.24, 2.45) is 5.92 Å². The third kappa shape index (κ3) is 5.12. The minimum absolute atomic E-state index is 0.191. The quantitative estimate of drug-likeness (QED) is 0.529. The molecule has 1 aromatic carbocycles. The monoisotopic (exact) mass is 263 g/mol. The van der Waals surface area contributed by atoms with Gasteiger partial charge < -0.3 is 0 Å². The van der Waals surface area contributed by atoms with Crippen LogP contribution in [0.25, 0.3) is 6.08 Å². The minimum atomic E-state index is 0.191. The fourth-order valence-corrected chi connectivity index (χ4v) is 1.78. The SMILES string of the molecule is C=CC(/C=C/C(C)=C/C)/C=C/c1cc(C)cc(C#N)c1. The molecule has 0 N–H and O–H groups in total. The van der Waals surface area contributed by atoms with Crippen LogP contribution in [0, 0.1) is 24.2 Å². The molecule has 0 radical (unpaired) electrons. The van der Waals surface area contributed by atoms with E-state index < -0.39 is 0 Å². The van der Waals surface area contributed by atoms with E-state index in [0.29, 0.717) is 5.56 Å². The van der Waals surface area contributed by atoms with Gasteiger partial charge in [0.1, 0.15) is 0 Å². The average Bonchev–Trinajstić information content (AvgIpc) is 2.46. The average molecular weight is 263 g/mol. The first kappa shape index (κ1) is 15.7. The molecule has 0 bridgehead atoms. The van der Waals surface area contributed by atoms with E-state index in [0.717, 1.165) is 11.1 Å². The van der Waals surface area contributed by atoms with Crippen molar-refractivity contribution in [2.75, 3.05) is 0 Å². The van der Waals surface area contributed by atoms with Crippen LogP contribution in [-0.2, 0) is 0 Å². The molecule has 0 saturated heterocycles. The van der Waals surface area contributed by atoms with Gasteiger partial charge in [0.05, 0.1) is 11.6 Å². The number of nitriles is 1. The van der Waals surface area contributed by atoms with Crippen molar-refractivity contribution in [3.8, 4) is 6.07 Å². The molecule has 0 aromatic heterocycles. The summed E-state index contributed by atoms with van der Waals surface area (Å²) >= 11 is 0. The predicted molar refractivity (Wildman–Crippen MR) is 87.2 cm³/mol. The van der Waals surface area contributed by atoms with Crippen molar-refractivity contribution >= 4 is 6.08 Å². The third-order valence-corrected chi connectivity index (χ3v) is 3.05. The topological polar surface area (TPSA) is 23.8 Å². The number of rotatable bonds is 5. The first-order chi connectivity index (χ1) is 9.58. The summed E-state index contributed by atoms with van der Waals surface area (Å²) in [4.78, 5) is 0. The molecule has 0 spiro atoms. The number of nitrogens with zero attached hydrogens (tertiary/aromatic N) is 1.